The number of hydrogen-bond acceptors (Lipinski definition) is 4. The van der Waals surface area contributed by atoms with Crippen LogP contribution in [-0.2, 0) is 14.8 Å². The van der Waals surface area contributed by atoms with E-state index >= 15 is 0 Å². The van der Waals surface area contributed by atoms with Crippen LogP contribution in [0.2, 0.25) is 0 Å². The van der Waals surface area contributed by atoms with Gasteiger partial charge in [-0.2, -0.15) is 0 Å². The molecule has 1 atom stereocenters. The van der Waals surface area contributed by atoms with Gasteiger partial charge in [0, 0.05) is 18.5 Å². The minimum Gasteiger partial charge on any atom is -0.481 e. The summed E-state index contributed by atoms with van der Waals surface area (Å²) in [7, 11) is -3.43. The van der Waals surface area contributed by atoms with Crippen LogP contribution in [0.5, 0.6) is 0 Å². The molecular formula is C14H20N2O5S. The summed E-state index contributed by atoms with van der Waals surface area (Å²) >= 11 is 0. The summed E-state index contributed by atoms with van der Waals surface area (Å²) in [6.45, 7) is 3.68. The Morgan fingerprint density at radius 2 is 1.95 bits per heavy atom. The van der Waals surface area contributed by atoms with Gasteiger partial charge < -0.3 is 10.4 Å². The van der Waals surface area contributed by atoms with Gasteiger partial charge in [-0.1, -0.05) is 13.0 Å². The van der Waals surface area contributed by atoms with Crippen LogP contribution in [0.25, 0.3) is 0 Å². The molecule has 0 heterocycles. The van der Waals surface area contributed by atoms with Gasteiger partial charge in [0.1, 0.15) is 0 Å². The van der Waals surface area contributed by atoms with Gasteiger partial charge in [0.25, 0.3) is 5.91 Å². The number of nitrogens with one attached hydrogen (secondary N) is 2. The molecule has 0 saturated heterocycles. The van der Waals surface area contributed by atoms with Crippen LogP contribution in [0, 0.1) is 12.8 Å². The number of amides is 1. The maximum atomic E-state index is 12.0. The van der Waals surface area contributed by atoms with Crippen LogP contribution in [0.1, 0.15) is 29.3 Å². The topological polar surface area (TPSA) is 113 Å². The summed E-state index contributed by atoms with van der Waals surface area (Å²) in [5, 5.41) is 11.3. The number of carboxylic acid groups (broad SMARTS) is 1. The molecular weight excluding hydrogens is 308 g/mol. The van der Waals surface area contributed by atoms with Crippen LogP contribution < -0.4 is 10.0 Å². The molecule has 0 aliphatic rings. The highest BCUT2D eigenvalue weighted by atomic mass is 32.2. The predicted octanol–water partition coefficient (Wildman–Crippen LogP) is 1.21. The molecule has 7 nitrogen and oxygen atoms in total. The highest BCUT2D eigenvalue weighted by molar-refractivity contribution is 7.92. The molecule has 0 aliphatic heterocycles. The zero-order valence-electron chi connectivity index (χ0n) is 12.7. The van der Waals surface area contributed by atoms with E-state index in [9.17, 15) is 18.0 Å². The fourth-order valence-electron chi connectivity index (χ4n) is 1.81. The number of benzene rings is 1. The first-order valence-corrected chi connectivity index (χ1v) is 8.56. The summed E-state index contributed by atoms with van der Waals surface area (Å²) in [6.07, 6.45) is 1.00. The lowest BCUT2D eigenvalue weighted by molar-refractivity contribution is -0.137. The maximum absolute atomic E-state index is 12.0. The molecule has 0 saturated carbocycles. The first kappa shape index (κ1) is 18.0. The highest BCUT2D eigenvalue weighted by Crippen LogP contribution is 2.18. The summed E-state index contributed by atoms with van der Waals surface area (Å²) in [5.41, 5.74) is 1.34. The van der Waals surface area contributed by atoms with Gasteiger partial charge in [0.2, 0.25) is 10.0 Å². The summed E-state index contributed by atoms with van der Waals surface area (Å²) < 4.78 is 24.9. The monoisotopic (exact) mass is 328 g/mol. The lowest BCUT2D eigenvalue weighted by Gasteiger charge is -2.12. The molecule has 1 amide bonds. The van der Waals surface area contributed by atoms with Crippen molar-refractivity contribution in [3.63, 3.8) is 0 Å². The zero-order chi connectivity index (χ0) is 16.9. The molecule has 0 bridgehead atoms. The Morgan fingerprint density at radius 1 is 1.32 bits per heavy atom. The van der Waals surface area contributed by atoms with Crippen LogP contribution >= 0.6 is 0 Å². The molecule has 0 fully saturated rings. The second-order valence-electron chi connectivity index (χ2n) is 5.32. The highest BCUT2D eigenvalue weighted by Gasteiger charge is 2.13. The predicted molar refractivity (Wildman–Crippen MR) is 83.4 cm³/mol. The number of carbonyl (C=O) groups excluding carboxylic acids is 1. The number of aryl methyl sites for hydroxylation is 1. The largest absolute Gasteiger partial charge is 0.481 e. The zero-order valence-corrected chi connectivity index (χ0v) is 13.5. The lowest BCUT2D eigenvalue weighted by atomic mass is 10.1. The minimum absolute atomic E-state index is 0.0327. The van der Waals surface area contributed by atoms with Crippen molar-refractivity contribution < 1.29 is 23.1 Å². The van der Waals surface area contributed by atoms with Crippen molar-refractivity contribution in [1.29, 1.82) is 0 Å². The van der Waals surface area contributed by atoms with Crippen LogP contribution in [0.3, 0.4) is 0 Å². The number of aliphatic carboxylic acids is 1. The van der Waals surface area contributed by atoms with E-state index in [-0.39, 0.29) is 24.8 Å². The van der Waals surface area contributed by atoms with E-state index in [0.29, 0.717) is 16.8 Å². The number of rotatable bonds is 7. The van der Waals surface area contributed by atoms with Crippen LogP contribution in [-0.4, -0.2) is 38.2 Å². The first-order valence-electron chi connectivity index (χ1n) is 6.67. The van der Waals surface area contributed by atoms with Gasteiger partial charge in [0.15, 0.2) is 0 Å². The molecule has 1 rings (SSSR count). The molecule has 0 radical (unpaired) electrons. The molecule has 3 N–H and O–H groups in total. The SMILES string of the molecule is Cc1ccc(C(=O)NCC(C)CC(=O)O)cc1NS(C)(=O)=O. The Hall–Kier alpha value is -2.09. The van der Waals surface area contributed by atoms with Crippen LogP contribution in [0.4, 0.5) is 5.69 Å². The fraction of sp³-hybridized carbons (Fsp3) is 0.429. The Balaban J connectivity index is 2.78. The lowest BCUT2D eigenvalue weighted by Crippen LogP contribution is -2.29. The average molecular weight is 328 g/mol. The number of anilines is 1. The summed E-state index contributed by atoms with van der Waals surface area (Å²) in [6, 6.07) is 4.68. The summed E-state index contributed by atoms with van der Waals surface area (Å²) in [4.78, 5) is 22.6. The third kappa shape index (κ3) is 6.13. The van der Waals surface area contributed by atoms with Gasteiger partial charge in [-0.15, -0.1) is 0 Å². The molecule has 0 aliphatic carbocycles. The van der Waals surface area contributed by atoms with Crippen molar-refractivity contribution in [2.24, 2.45) is 5.92 Å². The minimum atomic E-state index is -3.43. The quantitative estimate of drug-likeness (QED) is 0.696. The Bertz CT molecular complexity index is 670. The van der Waals surface area contributed by atoms with Crippen molar-refractivity contribution in [3.8, 4) is 0 Å². The molecule has 1 unspecified atom stereocenters. The van der Waals surface area contributed by atoms with E-state index in [4.69, 9.17) is 5.11 Å². The Morgan fingerprint density at radius 3 is 2.50 bits per heavy atom. The van der Waals surface area contributed by atoms with Gasteiger partial charge in [-0.25, -0.2) is 8.42 Å². The smallest absolute Gasteiger partial charge is 0.303 e. The van der Waals surface area contributed by atoms with Gasteiger partial charge >= 0.3 is 5.97 Å². The van der Waals surface area contributed by atoms with Gasteiger partial charge in [-0.3, -0.25) is 14.3 Å². The number of carbonyl (C=O) groups is 2. The third-order valence-electron chi connectivity index (χ3n) is 2.93. The van der Waals surface area contributed by atoms with Gasteiger partial charge in [0.05, 0.1) is 11.9 Å². The van der Waals surface area contributed by atoms with Crippen molar-refractivity contribution in [2.75, 3.05) is 17.5 Å². The van der Waals surface area contributed by atoms with Crippen molar-refractivity contribution in [3.05, 3.63) is 29.3 Å². The second kappa shape index (κ2) is 7.26. The van der Waals surface area contributed by atoms with Crippen molar-refractivity contribution in [1.82, 2.24) is 5.32 Å². The Kier molecular flexibility index (Phi) is 5.92. The van der Waals surface area contributed by atoms with E-state index in [1.165, 1.54) is 6.07 Å². The maximum Gasteiger partial charge on any atom is 0.303 e. The fourth-order valence-corrected chi connectivity index (χ4v) is 2.43. The molecule has 0 spiro atoms. The van der Waals surface area contributed by atoms with Crippen molar-refractivity contribution in [2.45, 2.75) is 20.3 Å². The average Bonchev–Trinajstić information content (AvgIpc) is 2.36. The van der Waals surface area contributed by atoms with E-state index in [2.05, 4.69) is 10.0 Å². The van der Waals surface area contributed by atoms with E-state index in [1.54, 1.807) is 26.0 Å². The standard InChI is InChI=1S/C14H20N2O5S/c1-9(6-13(17)18)8-15-14(19)11-5-4-10(2)12(7-11)16-22(3,20)21/h4-5,7,9,16H,6,8H2,1-3H3,(H,15,19)(H,17,18). The first-order chi connectivity index (χ1) is 10.1. The third-order valence-corrected chi connectivity index (χ3v) is 3.52. The number of sulfonamides is 1. The molecule has 1 aromatic carbocycles. The Labute approximate surface area is 129 Å². The molecule has 8 heteroatoms. The van der Waals surface area contributed by atoms with E-state index in [1.807, 2.05) is 0 Å². The molecule has 0 aromatic heterocycles. The number of hydrogen-bond donors (Lipinski definition) is 3. The molecule has 22 heavy (non-hydrogen) atoms. The van der Waals surface area contributed by atoms with E-state index < -0.39 is 16.0 Å². The normalized spacial score (nSPS) is 12.5. The second-order valence-corrected chi connectivity index (χ2v) is 7.07. The van der Waals surface area contributed by atoms with E-state index in [0.717, 1.165) is 6.26 Å². The molecule has 122 valence electrons. The van der Waals surface area contributed by atoms with Gasteiger partial charge in [-0.05, 0) is 30.5 Å². The van der Waals surface area contributed by atoms with Crippen molar-refractivity contribution >= 4 is 27.6 Å². The van der Waals surface area contributed by atoms with Crippen LogP contribution in [0.15, 0.2) is 18.2 Å². The molecule has 1 aromatic rings. The summed E-state index contributed by atoms with van der Waals surface area (Å²) in [5.74, 6) is -1.49. The number of carboxylic acids is 1.